The smallest absolute Gasteiger partial charge is 0.400 e. The normalized spacial score (nSPS) is 12.7. The molecule has 0 fully saturated rings. The summed E-state index contributed by atoms with van der Waals surface area (Å²) in [7, 11) is -3.97. The van der Waals surface area contributed by atoms with Crippen LogP contribution in [0.5, 0.6) is 11.8 Å². The van der Waals surface area contributed by atoms with Gasteiger partial charge in [0.05, 0.1) is 4.90 Å². The predicted octanol–water partition coefficient (Wildman–Crippen LogP) is 4.67. The van der Waals surface area contributed by atoms with E-state index in [0.29, 0.717) is 16.8 Å². The van der Waals surface area contributed by atoms with Crippen molar-refractivity contribution < 1.29 is 27.5 Å². The van der Waals surface area contributed by atoms with Gasteiger partial charge in [-0.1, -0.05) is 50.2 Å². The molecule has 3 aromatic carbocycles. The number of hydrogen-bond donors (Lipinski definition) is 2. The molecule has 2 N–H and O–H groups in total. The zero-order valence-electron chi connectivity index (χ0n) is 17.9. The maximum Gasteiger partial charge on any atom is 0.400 e. The summed E-state index contributed by atoms with van der Waals surface area (Å²) in [5.74, 6) is -1.07. The van der Waals surface area contributed by atoms with Gasteiger partial charge in [-0.05, 0) is 53.4 Å². The molecule has 0 spiro atoms. The minimum atomic E-state index is -3.97. The number of hydrogen-bond acceptors (Lipinski definition) is 6. The quantitative estimate of drug-likeness (QED) is 0.387. The van der Waals surface area contributed by atoms with Crippen LogP contribution in [0, 0.1) is 5.92 Å². The lowest BCUT2D eigenvalue weighted by Gasteiger charge is -2.18. The van der Waals surface area contributed by atoms with Crippen molar-refractivity contribution >= 4 is 27.1 Å². The molecule has 8 nitrogen and oxygen atoms in total. The summed E-state index contributed by atoms with van der Waals surface area (Å²) in [6.45, 7) is 3.28. The Morgan fingerprint density at radius 1 is 0.970 bits per heavy atom. The molecule has 1 atom stereocenters. The number of benzene rings is 3. The Balaban J connectivity index is 1.48. The first-order valence-electron chi connectivity index (χ1n) is 10.2. The minimum Gasteiger partial charge on any atom is -0.480 e. The van der Waals surface area contributed by atoms with E-state index in [1.54, 1.807) is 38.1 Å². The fraction of sp³-hybridized carbons (Fsp3) is 0.167. The third-order valence-corrected chi connectivity index (χ3v) is 6.50. The zero-order chi connectivity index (χ0) is 23.6. The van der Waals surface area contributed by atoms with Crippen molar-refractivity contribution in [3.05, 3.63) is 72.8 Å². The highest BCUT2D eigenvalue weighted by Crippen LogP contribution is 2.28. The molecule has 0 bridgehead atoms. The Morgan fingerprint density at radius 2 is 1.58 bits per heavy atom. The van der Waals surface area contributed by atoms with E-state index in [9.17, 15) is 18.3 Å². The molecule has 0 saturated carbocycles. The van der Waals surface area contributed by atoms with Crippen molar-refractivity contribution in [3.8, 4) is 23.0 Å². The minimum absolute atomic E-state index is 0.00550. The van der Waals surface area contributed by atoms with E-state index in [1.165, 1.54) is 12.1 Å². The highest BCUT2D eigenvalue weighted by Gasteiger charge is 2.27. The molecule has 170 valence electrons. The molecule has 4 rings (SSSR count). The van der Waals surface area contributed by atoms with Crippen LogP contribution in [-0.4, -0.2) is 30.5 Å². The fourth-order valence-corrected chi connectivity index (χ4v) is 4.58. The molecule has 0 radical (unpaired) electrons. The third-order valence-electron chi connectivity index (χ3n) is 5.05. The third kappa shape index (κ3) is 5.05. The maximum atomic E-state index is 12.6. The highest BCUT2D eigenvalue weighted by molar-refractivity contribution is 7.89. The van der Waals surface area contributed by atoms with E-state index >= 15 is 0 Å². The second kappa shape index (κ2) is 9.05. The molecule has 0 amide bonds. The van der Waals surface area contributed by atoms with Crippen LogP contribution in [-0.2, 0) is 14.8 Å². The molecule has 0 aliphatic rings. The first-order valence-corrected chi connectivity index (χ1v) is 11.7. The van der Waals surface area contributed by atoms with Gasteiger partial charge in [-0.3, -0.25) is 4.79 Å². The van der Waals surface area contributed by atoms with Gasteiger partial charge in [0.15, 0.2) is 5.58 Å². The Hall–Kier alpha value is -3.69. The van der Waals surface area contributed by atoms with Gasteiger partial charge < -0.3 is 14.3 Å². The van der Waals surface area contributed by atoms with Gasteiger partial charge in [-0.25, -0.2) is 8.42 Å². The fourth-order valence-electron chi connectivity index (χ4n) is 3.24. The van der Waals surface area contributed by atoms with Crippen LogP contribution < -0.4 is 9.46 Å². The summed E-state index contributed by atoms with van der Waals surface area (Å²) in [4.78, 5) is 15.6. The molecule has 9 heteroatoms. The van der Waals surface area contributed by atoms with Gasteiger partial charge in [0.25, 0.3) is 0 Å². The van der Waals surface area contributed by atoms with Gasteiger partial charge in [-0.15, -0.1) is 0 Å². The van der Waals surface area contributed by atoms with E-state index in [2.05, 4.69) is 9.71 Å². The number of rotatable bonds is 8. The molecule has 0 aliphatic heterocycles. The second-order valence-electron chi connectivity index (χ2n) is 7.78. The number of aromatic nitrogens is 1. The highest BCUT2D eigenvalue weighted by atomic mass is 32.2. The molecule has 1 unspecified atom stereocenters. The summed E-state index contributed by atoms with van der Waals surface area (Å²) in [6.07, 6.45) is 0.145. The number of oxazole rings is 1. The van der Waals surface area contributed by atoms with Crippen LogP contribution in [0.1, 0.15) is 13.8 Å². The number of nitrogens with zero attached hydrogens (tertiary/aromatic N) is 1. The average Bonchev–Trinajstić information content (AvgIpc) is 3.20. The van der Waals surface area contributed by atoms with E-state index in [0.717, 1.165) is 11.1 Å². The van der Waals surface area contributed by atoms with Crippen LogP contribution in [0.4, 0.5) is 0 Å². The first kappa shape index (κ1) is 22.5. The van der Waals surface area contributed by atoms with E-state index in [-0.39, 0.29) is 11.0 Å². The standard InChI is InChI=1S/C24H22N2O6S/c1-15(2)22(23(27)28)26-33(29,30)19-13-9-17(10-14-19)16-7-11-18(12-8-16)31-24-25-20-5-3-4-6-21(20)32-24/h3-15,22,26H,1-2H3,(H,27,28). The summed E-state index contributed by atoms with van der Waals surface area (Å²) >= 11 is 0. The monoisotopic (exact) mass is 466 g/mol. The molecule has 0 aliphatic carbocycles. The summed E-state index contributed by atoms with van der Waals surface area (Å²) in [6, 6.07) is 19.6. The van der Waals surface area contributed by atoms with Crippen molar-refractivity contribution in [2.24, 2.45) is 5.92 Å². The maximum absolute atomic E-state index is 12.6. The number of sulfonamides is 1. The molecular weight excluding hydrogens is 444 g/mol. The van der Waals surface area contributed by atoms with E-state index < -0.39 is 28.0 Å². The van der Waals surface area contributed by atoms with Gasteiger partial charge >= 0.3 is 12.0 Å². The van der Waals surface area contributed by atoms with Crippen molar-refractivity contribution in [2.45, 2.75) is 24.8 Å². The molecule has 1 heterocycles. The Kier molecular flexibility index (Phi) is 6.17. The van der Waals surface area contributed by atoms with Crippen molar-refractivity contribution in [2.75, 3.05) is 0 Å². The van der Waals surface area contributed by atoms with Gasteiger partial charge in [0, 0.05) is 0 Å². The summed E-state index contributed by atoms with van der Waals surface area (Å²) < 4.78 is 38.6. The molecule has 0 saturated heterocycles. The lowest BCUT2D eigenvalue weighted by atomic mass is 10.1. The van der Waals surface area contributed by atoms with E-state index in [1.807, 2.05) is 36.4 Å². The summed E-state index contributed by atoms with van der Waals surface area (Å²) in [5.41, 5.74) is 2.98. The lowest BCUT2D eigenvalue weighted by Crippen LogP contribution is -2.44. The molecule has 33 heavy (non-hydrogen) atoms. The molecular formula is C24H22N2O6S. The Bertz CT molecular complexity index is 1340. The molecule has 1 aromatic heterocycles. The molecule has 4 aromatic rings. The number of carbonyl (C=O) groups is 1. The number of carboxylic acid groups (broad SMARTS) is 1. The topological polar surface area (TPSA) is 119 Å². The van der Waals surface area contributed by atoms with Crippen LogP contribution >= 0.6 is 0 Å². The number of fused-ring (bicyclic) bond motifs is 1. The Labute approximate surface area is 190 Å². The Morgan fingerprint density at radius 3 is 2.15 bits per heavy atom. The number of nitrogens with one attached hydrogen (secondary N) is 1. The van der Waals surface area contributed by atoms with Crippen LogP contribution in [0.3, 0.4) is 0 Å². The van der Waals surface area contributed by atoms with E-state index in [4.69, 9.17) is 9.15 Å². The number of carboxylic acids is 1. The van der Waals surface area contributed by atoms with Gasteiger partial charge in [0.1, 0.15) is 17.3 Å². The van der Waals surface area contributed by atoms with Gasteiger partial charge in [0.2, 0.25) is 10.0 Å². The number of aliphatic carboxylic acids is 1. The number of para-hydroxylation sites is 2. The van der Waals surface area contributed by atoms with Crippen LogP contribution in [0.25, 0.3) is 22.2 Å². The average molecular weight is 467 g/mol. The SMILES string of the molecule is CC(C)C(NS(=O)(=O)c1ccc(-c2ccc(Oc3nc4ccccc4o3)cc2)cc1)C(=O)O. The lowest BCUT2D eigenvalue weighted by molar-refractivity contribution is -0.140. The number of ether oxygens (including phenoxy) is 1. The second-order valence-corrected chi connectivity index (χ2v) is 9.49. The summed E-state index contributed by atoms with van der Waals surface area (Å²) in [5, 5.41) is 9.25. The van der Waals surface area contributed by atoms with Crippen molar-refractivity contribution in [3.63, 3.8) is 0 Å². The van der Waals surface area contributed by atoms with Crippen LogP contribution in [0.2, 0.25) is 0 Å². The van der Waals surface area contributed by atoms with Crippen molar-refractivity contribution in [1.82, 2.24) is 9.71 Å². The van der Waals surface area contributed by atoms with Crippen molar-refractivity contribution in [1.29, 1.82) is 0 Å². The first-order chi connectivity index (χ1) is 15.7. The predicted molar refractivity (Wildman–Crippen MR) is 123 cm³/mol. The zero-order valence-corrected chi connectivity index (χ0v) is 18.7. The van der Waals surface area contributed by atoms with Crippen LogP contribution in [0.15, 0.2) is 82.1 Å². The largest absolute Gasteiger partial charge is 0.480 e. The van der Waals surface area contributed by atoms with Gasteiger partial charge in [-0.2, -0.15) is 9.71 Å².